The largest absolute Gasteiger partial charge is 0.338 e. The number of benzene rings is 1. The van der Waals surface area contributed by atoms with E-state index >= 15 is 0 Å². The summed E-state index contributed by atoms with van der Waals surface area (Å²) in [4.78, 5) is 27.0. The molecule has 2 aromatic rings. The molecule has 4 rings (SSSR count). The van der Waals surface area contributed by atoms with Crippen LogP contribution in [0, 0.1) is 0 Å². The van der Waals surface area contributed by atoms with Crippen molar-refractivity contribution in [1.29, 1.82) is 0 Å². The zero-order valence-corrected chi connectivity index (χ0v) is 15.1. The van der Waals surface area contributed by atoms with Crippen LogP contribution in [0.25, 0.3) is 0 Å². The minimum Gasteiger partial charge on any atom is -0.338 e. The lowest BCUT2D eigenvalue weighted by Crippen LogP contribution is -2.52. The van der Waals surface area contributed by atoms with Crippen molar-refractivity contribution in [3.05, 3.63) is 42.7 Å². The Balaban J connectivity index is 1.57. The molecule has 2 aliphatic rings. The van der Waals surface area contributed by atoms with Gasteiger partial charge in [-0.15, -0.1) is 0 Å². The Kier molecular flexibility index (Phi) is 4.81. The van der Waals surface area contributed by atoms with Crippen molar-refractivity contribution < 1.29 is 9.59 Å². The normalized spacial score (nSPS) is 19.4. The van der Waals surface area contributed by atoms with E-state index in [9.17, 15) is 9.59 Å². The maximum Gasteiger partial charge on any atom is 0.321 e. The molecule has 8 heteroatoms. The minimum atomic E-state index is -0.701. The first kappa shape index (κ1) is 17.5. The highest BCUT2D eigenvalue weighted by molar-refractivity contribution is 5.98. The Hall–Kier alpha value is -2.87. The van der Waals surface area contributed by atoms with Gasteiger partial charge >= 0.3 is 6.03 Å². The van der Waals surface area contributed by atoms with Crippen LogP contribution in [0.4, 0.5) is 16.2 Å². The second-order valence-electron chi connectivity index (χ2n) is 6.97. The lowest BCUT2D eigenvalue weighted by atomic mass is 9.87. The minimum absolute atomic E-state index is 0.0760. The molecule has 0 unspecified atom stereocenters. The van der Waals surface area contributed by atoms with Crippen LogP contribution in [0.5, 0.6) is 0 Å². The molecule has 1 aromatic heterocycles. The summed E-state index contributed by atoms with van der Waals surface area (Å²) in [5.74, 6) is -0.0760. The second-order valence-corrected chi connectivity index (χ2v) is 6.97. The monoisotopic (exact) mass is 368 g/mol. The first-order chi connectivity index (χ1) is 13.2. The first-order valence-electron chi connectivity index (χ1n) is 9.37. The van der Waals surface area contributed by atoms with Crippen molar-refractivity contribution in [3.8, 4) is 0 Å². The van der Waals surface area contributed by atoms with E-state index in [2.05, 4.69) is 21.0 Å². The molecule has 0 atom stereocenters. The van der Waals surface area contributed by atoms with Gasteiger partial charge < -0.3 is 16.0 Å². The number of aromatic nitrogens is 2. The van der Waals surface area contributed by atoms with Gasteiger partial charge in [-0.3, -0.25) is 14.4 Å². The fourth-order valence-corrected chi connectivity index (χ4v) is 3.80. The van der Waals surface area contributed by atoms with Crippen molar-refractivity contribution in [1.82, 2.24) is 20.4 Å². The van der Waals surface area contributed by atoms with Crippen LogP contribution in [-0.2, 0) is 10.3 Å². The molecule has 0 spiro atoms. The smallest absolute Gasteiger partial charge is 0.321 e. The summed E-state index contributed by atoms with van der Waals surface area (Å²) >= 11 is 0. The van der Waals surface area contributed by atoms with Crippen LogP contribution in [-0.4, -0.2) is 47.9 Å². The zero-order valence-electron chi connectivity index (χ0n) is 15.1. The average Bonchev–Trinajstić information content (AvgIpc) is 3.24. The van der Waals surface area contributed by atoms with Crippen LogP contribution in [0.2, 0.25) is 0 Å². The van der Waals surface area contributed by atoms with Crippen LogP contribution in [0.15, 0.2) is 42.7 Å². The molecule has 2 fully saturated rings. The Morgan fingerprint density at radius 3 is 2.78 bits per heavy atom. The van der Waals surface area contributed by atoms with Crippen molar-refractivity contribution in [2.75, 3.05) is 36.4 Å². The van der Waals surface area contributed by atoms with Crippen LogP contribution in [0.1, 0.15) is 19.3 Å². The highest BCUT2D eigenvalue weighted by Gasteiger charge is 2.42. The van der Waals surface area contributed by atoms with Gasteiger partial charge in [0, 0.05) is 36.9 Å². The van der Waals surface area contributed by atoms with Gasteiger partial charge in [-0.1, -0.05) is 6.07 Å². The lowest BCUT2D eigenvalue weighted by molar-refractivity contribution is -0.126. The molecule has 3 amide bonds. The Morgan fingerprint density at radius 2 is 2.04 bits per heavy atom. The van der Waals surface area contributed by atoms with Gasteiger partial charge in [0.1, 0.15) is 5.54 Å². The summed E-state index contributed by atoms with van der Waals surface area (Å²) < 4.78 is 1.77. The van der Waals surface area contributed by atoms with E-state index < -0.39 is 5.54 Å². The lowest BCUT2D eigenvalue weighted by Gasteiger charge is -2.36. The van der Waals surface area contributed by atoms with E-state index in [1.807, 2.05) is 36.5 Å². The van der Waals surface area contributed by atoms with E-state index in [4.69, 9.17) is 0 Å². The van der Waals surface area contributed by atoms with Crippen molar-refractivity contribution in [2.45, 2.75) is 24.8 Å². The summed E-state index contributed by atoms with van der Waals surface area (Å²) in [7, 11) is 0. The predicted molar refractivity (Wildman–Crippen MR) is 103 cm³/mol. The molecule has 0 bridgehead atoms. The summed E-state index contributed by atoms with van der Waals surface area (Å²) in [5.41, 5.74) is 0.761. The van der Waals surface area contributed by atoms with Gasteiger partial charge in [-0.25, -0.2) is 4.79 Å². The van der Waals surface area contributed by atoms with Gasteiger partial charge in [-0.05, 0) is 56.6 Å². The van der Waals surface area contributed by atoms with E-state index in [0.717, 1.165) is 25.2 Å². The summed E-state index contributed by atoms with van der Waals surface area (Å²) in [6.07, 6.45) is 5.80. The van der Waals surface area contributed by atoms with Gasteiger partial charge in [0.15, 0.2) is 0 Å². The standard InChI is InChI=1S/C19H24N6O2/c26-17(19(6-10-20-11-7-19)25-13-3-9-22-25)23-15-4-1-5-16(14-15)24-12-2-8-21-18(24)27/h1,3-5,9,13-14,20H,2,6-8,10-12H2,(H,21,27)(H,23,26). The van der Waals surface area contributed by atoms with Crippen molar-refractivity contribution >= 4 is 23.3 Å². The number of nitrogens with one attached hydrogen (secondary N) is 3. The Bertz CT molecular complexity index is 813. The maximum absolute atomic E-state index is 13.2. The van der Waals surface area contributed by atoms with Gasteiger partial charge in [-0.2, -0.15) is 5.10 Å². The van der Waals surface area contributed by atoms with Gasteiger partial charge in [0.25, 0.3) is 5.91 Å². The van der Waals surface area contributed by atoms with Crippen LogP contribution < -0.4 is 20.9 Å². The molecular weight excluding hydrogens is 344 g/mol. The average molecular weight is 368 g/mol. The number of rotatable bonds is 4. The molecule has 8 nitrogen and oxygen atoms in total. The molecular formula is C19H24N6O2. The number of piperidine rings is 1. The van der Waals surface area contributed by atoms with Crippen molar-refractivity contribution in [2.24, 2.45) is 0 Å². The second kappa shape index (κ2) is 7.40. The number of urea groups is 1. The number of carbonyl (C=O) groups is 2. The number of anilines is 2. The molecule has 2 saturated heterocycles. The molecule has 0 saturated carbocycles. The molecule has 1 aromatic carbocycles. The third-order valence-corrected chi connectivity index (χ3v) is 5.29. The summed E-state index contributed by atoms with van der Waals surface area (Å²) in [5, 5.41) is 13.5. The SMILES string of the molecule is O=C1NCCCN1c1cccc(NC(=O)C2(n3cccn3)CCNCC2)c1. The number of amides is 3. The maximum atomic E-state index is 13.2. The quantitative estimate of drug-likeness (QED) is 0.763. The molecule has 2 aliphatic heterocycles. The number of carbonyl (C=O) groups excluding carboxylic acids is 2. The van der Waals surface area contributed by atoms with Crippen LogP contribution >= 0.6 is 0 Å². The third-order valence-electron chi connectivity index (χ3n) is 5.29. The van der Waals surface area contributed by atoms with E-state index in [-0.39, 0.29) is 11.9 Å². The van der Waals surface area contributed by atoms with E-state index in [0.29, 0.717) is 31.6 Å². The highest BCUT2D eigenvalue weighted by Crippen LogP contribution is 2.29. The van der Waals surface area contributed by atoms with Gasteiger partial charge in [0.05, 0.1) is 0 Å². The number of hydrogen-bond donors (Lipinski definition) is 3. The predicted octanol–water partition coefficient (Wildman–Crippen LogP) is 1.52. The Morgan fingerprint density at radius 1 is 1.19 bits per heavy atom. The van der Waals surface area contributed by atoms with Crippen LogP contribution in [0.3, 0.4) is 0 Å². The molecule has 3 N–H and O–H groups in total. The van der Waals surface area contributed by atoms with E-state index in [1.54, 1.807) is 15.8 Å². The third kappa shape index (κ3) is 3.40. The van der Waals surface area contributed by atoms with E-state index in [1.165, 1.54) is 0 Å². The molecule has 3 heterocycles. The molecule has 27 heavy (non-hydrogen) atoms. The number of nitrogens with zero attached hydrogens (tertiary/aromatic N) is 3. The molecule has 142 valence electrons. The first-order valence-corrected chi connectivity index (χ1v) is 9.37. The molecule has 0 aliphatic carbocycles. The summed E-state index contributed by atoms with van der Waals surface area (Å²) in [6.45, 7) is 2.90. The fourth-order valence-electron chi connectivity index (χ4n) is 3.80. The molecule has 0 radical (unpaired) electrons. The highest BCUT2D eigenvalue weighted by atomic mass is 16.2. The topological polar surface area (TPSA) is 91.3 Å². The zero-order chi connectivity index (χ0) is 18.7. The summed E-state index contributed by atoms with van der Waals surface area (Å²) in [6, 6.07) is 9.18. The Labute approximate surface area is 157 Å². The number of hydrogen-bond acceptors (Lipinski definition) is 4. The van der Waals surface area contributed by atoms with Crippen molar-refractivity contribution in [3.63, 3.8) is 0 Å². The fraction of sp³-hybridized carbons (Fsp3) is 0.421. The van der Waals surface area contributed by atoms with Gasteiger partial charge in [0.2, 0.25) is 0 Å².